The van der Waals surface area contributed by atoms with Gasteiger partial charge in [-0.1, -0.05) is 0 Å². The average Bonchev–Trinajstić information content (AvgIpc) is 2.87. The molecular weight excluding hydrogens is 364 g/mol. The predicted octanol–water partition coefficient (Wildman–Crippen LogP) is -1.48. The summed E-state index contributed by atoms with van der Waals surface area (Å²) in [7, 11) is 3.62. The summed E-state index contributed by atoms with van der Waals surface area (Å²) in [5, 5.41) is 18.3. The van der Waals surface area contributed by atoms with Crippen LogP contribution in [0.15, 0.2) is 0 Å². The van der Waals surface area contributed by atoms with Gasteiger partial charge in [-0.15, -0.1) is 5.06 Å². The molecule has 0 saturated carbocycles. The van der Waals surface area contributed by atoms with Crippen molar-refractivity contribution in [1.29, 1.82) is 0 Å². The molecule has 1 aliphatic rings. The number of aliphatic carboxylic acids is 1. The van der Waals surface area contributed by atoms with Gasteiger partial charge in [0.2, 0.25) is 0 Å². The summed E-state index contributed by atoms with van der Waals surface area (Å²) in [5.74, 6) is -3.31. The molecule has 2 N–H and O–H groups in total. The van der Waals surface area contributed by atoms with Crippen molar-refractivity contribution in [2.75, 3.05) is 53.4 Å². The standard InChI is InChI=1S/C15H24N4O8/c1-16(2)5-6-17(7-8-18(15(25)26)9-13(22)23)10-14(24)27-19-11(20)3-4-12(19)21/h3-10H2,1-2H3,(H,22,23)(H,25,26). The number of nitrogens with zero attached hydrogens (tertiary/aromatic N) is 4. The van der Waals surface area contributed by atoms with E-state index in [0.717, 1.165) is 0 Å². The number of amides is 3. The first kappa shape index (κ1) is 22.3. The molecule has 1 rings (SSSR count). The first-order valence-electron chi connectivity index (χ1n) is 8.23. The van der Waals surface area contributed by atoms with Crippen molar-refractivity contribution in [3.8, 4) is 0 Å². The third-order valence-electron chi connectivity index (χ3n) is 3.70. The van der Waals surface area contributed by atoms with Gasteiger partial charge in [0.15, 0.2) is 0 Å². The predicted molar refractivity (Wildman–Crippen MR) is 89.4 cm³/mol. The molecule has 3 amide bonds. The Balaban J connectivity index is 2.65. The molecule has 0 aromatic rings. The van der Waals surface area contributed by atoms with Gasteiger partial charge in [-0.2, -0.15) is 0 Å². The van der Waals surface area contributed by atoms with E-state index in [-0.39, 0.29) is 32.5 Å². The van der Waals surface area contributed by atoms with Gasteiger partial charge >= 0.3 is 18.0 Å². The SMILES string of the molecule is CN(C)CCN(CCN(CC(=O)O)C(=O)O)CC(=O)ON1C(=O)CCC1=O. The zero-order valence-corrected chi connectivity index (χ0v) is 15.3. The summed E-state index contributed by atoms with van der Waals surface area (Å²) in [6.07, 6.45) is -1.42. The van der Waals surface area contributed by atoms with E-state index in [1.165, 1.54) is 0 Å². The van der Waals surface area contributed by atoms with Crippen molar-refractivity contribution >= 4 is 29.8 Å². The van der Waals surface area contributed by atoms with E-state index in [9.17, 15) is 24.0 Å². The van der Waals surface area contributed by atoms with E-state index in [0.29, 0.717) is 23.1 Å². The van der Waals surface area contributed by atoms with E-state index in [4.69, 9.17) is 15.1 Å². The fourth-order valence-corrected chi connectivity index (χ4v) is 2.25. The summed E-state index contributed by atoms with van der Waals surface area (Å²) >= 11 is 0. The Morgan fingerprint density at radius 2 is 1.52 bits per heavy atom. The lowest BCUT2D eigenvalue weighted by Gasteiger charge is -2.26. The van der Waals surface area contributed by atoms with E-state index in [1.807, 2.05) is 19.0 Å². The zero-order chi connectivity index (χ0) is 20.6. The Kier molecular flexibility index (Phi) is 8.62. The molecule has 0 aromatic carbocycles. The third kappa shape index (κ3) is 8.00. The van der Waals surface area contributed by atoms with E-state index in [2.05, 4.69) is 0 Å². The molecule has 1 fully saturated rings. The lowest BCUT2D eigenvalue weighted by Crippen LogP contribution is -2.45. The largest absolute Gasteiger partial charge is 0.480 e. The van der Waals surface area contributed by atoms with Gasteiger partial charge in [0, 0.05) is 39.0 Å². The number of imide groups is 1. The monoisotopic (exact) mass is 388 g/mol. The molecule has 0 aliphatic carbocycles. The highest BCUT2D eigenvalue weighted by atomic mass is 16.7. The molecule has 12 heteroatoms. The summed E-state index contributed by atoms with van der Waals surface area (Å²) in [5.41, 5.74) is 0. The molecule has 1 heterocycles. The van der Waals surface area contributed by atoms with Crippen molar-refractivity contribution in [2.24, 2.45) is 0 Å². The van der Waals surface area contributed by atoms with Crippen molar-refractivity contribution in [1.82, 2.24) is 19.8 Å². The number of hydrogen-bond acceptors (Lipinski definition) is 8. The van der Waals surface area contributed by atoms with Crippen LogP contribution in [0.25, 0.3) is 0 Å². The zero-order valence-electron chi connectivity index (χ0n) is 15.3. The van der Waals surface area contributed by atoms with Crippen LogP contribution in [0.4, 0.5) is 4.79 Å². The average molecular weight is 388 g/mol. The minimum atomic E-state index is -1.39. The molecule has 0 unspecified atom stereocenters. The van der Waals surface area contributed by atoms with Gasteiger partial charge in [0.25, 0.3) is 11.8 Å². The van der Waals surface area contributed by atoms with Crippen LogP contribution in [0, 0.1) is 0 Å². The number of rotatable bonds is 11. The van der Waals surface area contributed by atoms with Gasteiger partial charge in [-0.05, 0) is 14.1 Å². The smallest absolute Gasteiger partial charge is 0.407 e. The van der Waals surface area contributed by atoms with Crippen LogP contribution in [0.5, 0.6) is 0 Å². The first-order chi connectivity index (χ1) is 12.6. The number of carbonyl (C=O) groups is 5. The maximum Gasteiger partial charge on any atom is 0.407 e. The fraction of sp³-hybridized carbons (Fsp3) is 0.667. The van der Waals surface area contributed by atoms with E-state index < -0.39 is 36.4 Å². The lowest BCUT2D eigenvalue weighted by molar-refractivity contribution is -0.198. The number of carboxylic acid groups (broad SMARTS) is 2. The lowest BCUT2D eigenvalue weighted by atomic mass is 10.4. The molecule has 0 atom stereocenters. The summed E-state index contributed by atoms with van der Waals surface area (Å²) in [6, 6.07) is 0. The number of carboxylic acids is 1. The minimum absolute atomic E-state index is 0.0147. The Morgan fingerprint density at radius 3 is 2.00 bits per heavy atom. The molecule has 0 spiro atoms. The first-order valence-corrected chi connectivity index (χ1v) is 8.23. The maximum atomic E-state index is 12.1. The second-order valence-electron chi connectivity index (χ2n) is 6.22. The van der Waals surface area contributed by atoms with Crippen molar-refractivity contribution in [3.05, 3.63) is 0 Å². The number of hydroxylamine groups is 2. The highest BCUT2D eigenvalue weighted by Crippen LogP contribution is 2.12. The molecule has 1 saturated heterocycles. The van der Waals surface area contributed by atoms with Crippen molar-refractivity contribution < 1.29 is 39.0 Å². The normalized spacial score (nSPS) is 14.1. The number of likely N-dealkylation sites (N-methyl/N-ethyl adjacent to an activating group) is 1. The highest BCUT2D eigenvalue weighted by Gasteiger charge is 2.33. The molecule has 12 nitrogen and oxygen atoms in total. The fourth-order valence-electron chi connectivity index (χ4n) is 2.25. The van der Waals surface area contributed by atoms with Crippen LogP contribution in [0.1, 0.15) is 12.8 Å². The molecule has 1 aliphatic heterocycles. The molecule has 0 bridgehead atoms. The molecule has 152 valence electrons. The molecule has 0 radical (unpaired) electrons. The maximum absolute atomic E-state index is 12.1. The van der Waals surface area contributed by atoms with Crippen molar-refractivity contribution in [3.63, 3.8) is 0 Å². The van der Waals surface area contributed by atoms with Gasteiger partial charge in [0.05, 0.1) is 6.54 Å². The number of hydrogen-bond donors (Lipinski definition) is 2. The summed E-state index contributed by atoms with van der Waals surface area (Å²) in [4.78, 5) is 65.8. The third-order valence-corrected chi connectivity index (χ3v) is 3.70. The van der Waals surface area contributed by atoms with E-state index in [1.54, 1.807) is 4.90 Å². The van der Waals surface area contributed by atoms with Crippen LogP contribution < -0.4 is 0 Å². The second-order valence-corrected chi connectivity index (χ2v) is 6.22. The van der Waals surface area contributed by atoms with Gasteiger partial charge in [0.1, 0.15) is 6.54 Å². The minimum Gasteiger partial charge on any atom is -0.480 e. The second kappa shape index (κ2) is 10.4. The van der Waals surface area contributed by atoms with Crippen LogP contribution in [0.2, 0.25) is 0 Å². The topological polar surface area (TPSA) is 148 Å². The van der Waals surface area contributed by atoms with Crippen LogP contribution in [0.3, 0.4) is 0 Å². The highest BCUT2D eigenvalue weighted by molar-refractivity contribution is 6.01. The van der Waals surface area contributed by atoms with Crippen LogP contribution in [-0.4, -0.2) is 113 Å². The summed E-state index contributed by atoms with van der Waals surface area (Å²) < 4.78 is 0. The van der Waals surface area contributed by atoms with Gasteiger partial charge < -0.3 is 20.0 Å². The molecular formula is C15H24N4O8. The van der Waals surface area contributed by atoms with Crippen molar-refractivity contribution in [2.45, 2.75) is 12.8 Å². The Labute approximate surface area is 155 Å². The van der Waals surface area contributed by atoms with E-state index >= 15 is 0 Å². The Morgan fingerprint density at radius 1 is 0.963 bits per heavy atom. The van der Waals surface area contributed by atoms with Crippen LogP contribution >= 0.6 is 0 Å². The van der Waals surface area contributed by atoms with Gasteiger partial charge in [-0.3, -0.25) is 24.2 Å². The quantitative estimate of drug-likeness (QED) is 0.402. The molecule has 0 aromatic heterocycles. The Bertz CT molecular complexity index is 578. The van der Waals surface area contributed by atoms with Gasteiger partial charge in [-0.25, -0.2) is 9.59 Å². The molecule has 27 heavy (non-hydrogen) atoms. The Hall–Kier alpha value is -2.73. The van der Waals surface area contributed by atoms with Crippen LogP contribution in [-0.2, 0) is 24.0 Å². The summed E-state index contributed by atoms with van der Waals surface area (Å²) in [6.45, 7) is -0.122. The number of carbonyl (C=O) groups excluding carboxylic acids is 3.